The second-order valence-corrected chi connectivity index (χ2v) is 6.84. The molecule has 3 aromatic rings. The van der Waals surface area contributed by atoms with Crippen LogP contribution in [0.5, 0.6) is 5.75 Å². The van der Waals surface area contributed by atoms with Gasteiger partial charge in [-0.05, 0) is 37.3 Å². The first-order valence-corrected chi connectivity index (χ1v) is 9.77. The average molecular weight is 423 g/mol. The van der Waals surface area contributed by atoms with Crippen LogP contribution in [0.1, 0.15) is 11.1 Å². The van der Waals surface area contributed by atoms with E-state index in [-0.39, 0.29) is 11.4 Å². The largest absolute Gasteiger partial charge is 0.506 e. The summed E-state index contributed by atoms with van der Waals surface area (Å²) in [5.41, 5.74) is 8.42. The molecule has 0 amide bonds. The zero-order valence-electron chi connectivity index (χ0n) is 16.4. The Labute approximate surface area is 178 Å². The molecule has 9 heteroatoms. The Bertz CT molecular complexity index is 1010. The van der Waals surface area contributed by atoms with E-state index in [1.54, 1.807) is 19.2 Å². The van der Waals surface area contributed by atoms with Crippen molar-refractivity contribution < 1.29 is 14.4 Å². The summed E-state index contributed by atoms with van der Waals surface area (Å²) in [6.07, 6.45) is 0. The van der Waals surface area contributed by atoms with Crippen LogP contribution in [0.15, 0.2) is 93.0 Å². The van der Waals surface area contributed by atoms with Crippen molar-refractivity contribution in [2.45, 2.75) is 11.8 Å². The van der Waals surface area contributed by atoms with Gasteiger partial charge in [0.15, 0.2) is 0 Å². The Balaban J connectivity index is 1.84. The lowest BCUT2D eigenvalue weighted by Crippen LogP contribution is -2.03. The summed E-state index contributed by atoms with van der Waals surface area (Å²) in [6, 6.07) is 22.1. The van der Waals surface area contributed by atoms with Crippen LogP contribution in [-0.4, -0.2) is 18.0 Å². The van der Waals surface area contributed by atoms with Crippen LogP contribution in [0.25, 0.3) is 0 Å². The van der Waals surface area contributed by atoms with Crippen molar-refractivity contribution in [3.8, 4) is 5.75 Å². The van der Waals surface area contributed by atoms with Gasteiger partial charge in [-0.2, -0.15) is 10.6 Å². The van der Waals surface area contributed by atoms with Crippen LogP contribution in [-0.2, 0) is 9.32 Å². The number of hydrogen-bond acceptors (Lipinski definition) is 8. The standard InChI is InChI=1S/C21H21N5O3S/c1-15-8-10-17(11-9-15)23-25-21(16-6-4-3-5-7-16)26-24-19-14-18(12-13-20(19)27)30-29-28-22-2/h3-14,22-23,27H,1-2H3/b25-21-,26-24?. The lowest BCUT2D eigenvalue weighted by atomic mass is 10.2. The molecule has 0 radical (unpaired) electrons. The summed E-state index contributed by atoms with van der Waals surface area (Å²) < 4.78 is 4.87. The summed E-state index contributed by atoms with van der Waals surface area (Å²) in [5, 5.41) is 22.9. The number of phenolic OH excluding ortho intramolecular Hbond substituents is 1. The average Bonchev–Trinajstić information content (AvgIpc) is 2.77. The first kappa shape index (κ1) is 21.5. The fourth-order valence-corrected chi connectivity index (χ4v) is 2.77. The molecule has 0 aromatic heterocycles. The Morgan fingerprint density at radius 2 is 1.77 bits per heavy atom. The van der Waals surface area contributed by atoms with Gasteiger partial charge < -0.3 is 5.11 Å². The van der Waals surface area contributed by atoms with Crippen molar-refractivity contribution in [3.05, 3.63) is 83.9 Å². The van der Waals surface area contributed by atoms with Crippen molar-refractivity contribution >= 4 is 29.3 Å². The molecule has 0 bridgehead atoms. The number of nitrogens with zero attached hydrogens (tertiary/aromatic N) is 3. The maximum Gasteiger partial charge on any atom is 0.201 e. The molecule has 0 atom stereocenters. The van der Waals surface area contributed by atoms with E-state index in [0.717, 1.165) is 28.9 Å². The Kier molecular flexibility index (Phi) is 7.93. The summed E-state index contributed by atoms with van der Waals surface area (Å²) in [7, 11) is 1.58. The topological polar surface area (TPSA) is 99.8 Å². The van der Waals surface area contributed by atoms with E-state index in [2.05, 4.69) is 31.2 Å². The molecule has 30 heavy (non-hydrogen) atoms. The van der Waals surface area contributed by atoms with E-state index in [1.165, 1.54) is 6.07 Å². The second kappa shape index (κ2) is 11.1. The lowest BCUT2D eigenvalue weighted by Gasteiger charge is -2.05. The van der Waals surface area contributed by atoms with Crippen molar-refractivity contribution in [3.63, 3.8) is 0 Å². The Hall–Kier alpha value is -3.24. The number of hydrogen-bond donors (Lipinski definition) is 3. The molecule has 0 fully saturated rings. The fraction of sp³-hybridized carbons (Fsp3) is 0.0952. The molecule has 8 nitrogen and oxygen atoms in total. The summed E-state index contributed by atoms with van der Waals surface area (Å²) in [6.45, 7) is 2.02. The summed E-state index contributed by atoms with van der Waals surface area (Å²) in [4.78, 5) is 5.29. The van der Waals surface area contributed by atoms with Gasteiger partial charge in [0.25, 0.3) is 0 Å². The quantitative estimate of drug-likeness (QED) is 0.0859. The van der Waals surface area contributed by atoms with Crippen LogP contribution in [0, 0.1) is 6.92 Å². The molecular weight excluding hydrogens is 402 g/mol. The van der Waals surface area contributed by atoms with E-state index >= 15 is 0 Å². The highest BCUT2D eigenvalue weighted by atomic mass is 32.2. The third-order valence-corrected chi connectivity index (χ3v) is 4.40. The zero-order valence-corrected chi connectivity index (χ0v) is 17.3. The van der Waals surface area contributed by atoms with Gasteiger partial charge >= 0.3 is 0 Å². The number of rotatable bonds is 8. The maximum atomic E-state index is 10.1. The number of hydroxylamine groups is 1. The molecule has 0 heterocycles. The first-order chi connectivity index (χ1) is 14.7. The molecule has 0 aliphatic heterocycles. The molecule has 3 N–H and O–H groups in total. The number of hydrazone groups is 1. The number of aromatic hydroxyl groups is 1. The van der Waals surface area contributed by atoms with Crippen LogP contribution in [0.3, 0.4) is 0 Å². The maximum absolute atomic E-state index is 10.1. The van der Waals surface area contributed by atoms with Crippen LogP contribution in [0.4, 0.5) is 11.4 Å². The van der Waals surface area contributed by atoms with Crippen molar-refractivity contribution in [2.75, 3.05) is 12.5 Å². The molecule has 154 valence electrons. The highest BCUT2D eigenvalue weighted by Gasteiger charge is 2.07. The number of aryl methyl sites for hydroxylation is 1. The highest BCUT2D eigenvalue weighted by molar-refractivity contribution is 7.94. The van der Waals surface area contributed by atoms with Crippen LogP contribution in [0.2, 0.25) is 0 Å². The third-order valence-electron chi connectivity index (χ3n) is 3.82. The smallest absolute Gasteiger partial charge is 0.201 e. The number of benzene rings is 3. The fourth-order valence-electron chi connectivity index (χ4n) is 2.30. The number of amidine groups is 1. The van der Waals surface area contributed by atoms with Gasteiger partial charge in [0, 0.05) is 17.5 Å². The van der Waals surface area contributed by atoms with Gasteiger partial charge in [-0.15, -0.1) is 19.6 Å². The van der Waals surface area contributed by atoms with Crippen molar-refractivity contribution in [1.29, 1.82) is 0 Å². The molecule has 0 saturated carbocycles. The molecule has 0 aliphatic carbocycles. The van der Waals surface area contributed by atoms with Gasteiger partial charge in [-0.25, -0.2) is 0 Å². The van der Waals surface area contributed by atoms with E-state index < -0.39 is 0 Å². The Morgan fingerprint density at radius 3 is 2.50 bits per heavy atom. The van der Waals surface area contributed by atoms with E-state index in [1.807, 2.05) is 61.5 Å². The second-order valence-electron chi connectivity index (χ2n) is 6.07. The molecule has 0 unspecified atom stereocenters. The number of anilines is 1. The minimum absolute atomic E-state index is 0.0171. The van der Waals surface area contributed by atoms with E-state index in [0.29, 0.717) is 10.7 Å². The van der Waals surface area contributed by atoms with Gasteiger partial charge in [-0.3, -0.25) is 5.43 Å². The molecule has 0 saturated heterocycles. The van der Waals surface area contributed by atoms with Gasteiger partial charge in [0.2, 0.25) is 5.84 Å². The van der Waals surface area contributed by atoms with Gasteiger partial charge in [0.1, 0.15) is 11.4 Å². The normalized spacial score (nSPS) is 11.7. The van der Waals surface area contributed by atoms with Gasteiger partial charge in [0.05, 0.1) is 17.7 Å². The van der Waals surface area contributed by atoms with Crippen molar-refractivity contribution in [2.24, 2.45) is 15.3 Å². The first-order valence-electron chi connectivity index (χ1n) is 9.03. The minimum Gasteiger partial charge on any atom is -0.506 e. The molecule has 3 rings (SSSR count). The predicted octanol–water partition coefficient (Wildman–Crippen LogP) is 5.35. The third kappa shape index (κ3) is 6.39. The lowest BCUT2D eigenvalue weighted by molar-refractivity contribution is -0.237. The zero-order chi connectivity index (χ0) is 21.2. The molecule has 0 aliphatic rings. The summed E-state index contributed by atoms with van der Waals surface area (Å²) >= 11 is 0.967. The van der Waals surface area contributed by atoms with Crippen molar-refractivity contribution in [1.82, 2.24) is 5.48 Å². The number of nitrogens with one attached hydrogen (secondary N) is 2. The number of azo groups is 1. The Morgan fingerprint density at radius 1 is 1.00 bits per heavy atom. The number of phenols is 1. The highest BCUT2D eigenvalue weighted by Crippen LogP contribution is 2.32. The SMILES string of the molecule is CNOOSc1ccc(O)c(N=N/C(=N\Nc2ccc(C)cc2)c2ccccc2)c1. The van der Waals surface area contributed by atoms with Gasteiger partial charge in [-0.1, -0.05) is 48.0 Å². The molecule has 3 aromatic carbocycles. The van der Waals surface area contributed by atoms with E-state index in [4.69, 9.17) is 4.33 Å². The van der Waals surface area contributed by atoms with Crippen LogP contribution < -0.4 is 10.9 Å². The minimum atomic E-state index is -0.0171. The molecular formula is C21H21N5O3S. The predicted molar refractivity (Wildman–Crippen MR) is 117 cm³/mol. The summed E-state index contributed by atoms with van der Waals surface area (Å²) in [5.74, 6) is 0.347. The van der Waals surface area contributed by atoms with E-state index in [9.17, 15) is 5.11 Å². The monoisotopic (exact) mass is 423 g/mol. The molecule has 0 spiro atoms. The van der Waals surface area contributed by atoms with Crippen LogP contribution >= 0.6 is 12.0 Å².